The van der Waals surface area contributed by atoms with E-state index in [0.717, 1.165) is 23.9 Å². The fourth-order valence-corrected chi connectivity index (χ4v) is 3.29. The lowest BCUT2D eigenvalue weighted by Gasteiger charge is -2.28. The summed E-state index contributed by atoms with van der Waals surface area (Å²) in [5.74, 6) is 0.637. The lowest BCUT2D eigenvalue weighted by molar-refractivity contribution is 0.0618. The molecule has 0 spiro atoms. The van der Waals surface area contributed by atoms with Gasteiger partial charge in [0.05, 0.1) is 5.02 Å². The molecule has 0 saturated carbocycles. The summed E-state index contributed by atoms with van der Waals surface area (Å²) in [4.78, 5) is 2.31. The van der Waals surface area contributed by atoms with Crippen molar-refractivity contribution in [1.29, 1.82) is 0 Å². The van der Waals surface area contributed by atoms with Gasteiger partial charge >= 0.3 is 0 Å². The Bertz CT molecular complexity index is 626. The summed E-state index contributed by atoms with van der Waals surface area (Å²) in [6.07, 6.45) is 3.27. The van der Waals surface area contributed by atoms with Crippen molar-refractivity contribution in [3.63, 3.8) is 0 Å². The number of aliphatic hydroxyl groups is 1. The first-order valence-corrected chi connectivity index (χ1v) is 8.32. The number of halogens is 1. The molecule has 1 fully saturated rings. The molecule has 1 saturated heterocycles. The summed E-state index contributed by atoms with van der Waals surface area (Å²) in [5, 5.41) is 12.8. The zero-order valence-corrected chi connectivity index (χ0v) is 13.4. The van der Waals surface area contributed by atoms with E-state index in [4.69, 9.17) is 16.3 Å². The quantitative estimate of drug-likeness (QED) is 0.911. The molecule has 22 heavy (non-hydrogen) atoms. The van der Waals surface area contributed by atoms with Crippen molar-refractivity contribution in [1.82, 2.24) is 4.90 Å². The number of nitrogens with zero attached hydrogens (tertiary/aromatic N) is 1. The van der Waals surface area contributed by atoms with Crippen LogP contribution in [0.4, 0.5) is 0 Å². The molecular formula is C18H22ClNO2. The van der Waals surface area contributed by atoms with Gasteiger partial charge in [0.15, 0.2) is 0 Å². The van der Waals surface area contributed by atoms with Crippen LogP contribution >= 0.6 is 11.6 Å². The Labute approximate surface area is 136 Å². The van der Waals surface area contributed by atoms with Crippen molar-refractivity contribution in [3.05, 3.63) is 41.4 Å². The van der Waals surface area contributed by atoms with Crippen LogP contribution in [0.15, 0.2) is 36.4 Å². The second-order valence-corrected chi connectivity index (χ2v) is 6.30. The van der Waals surface area contributed by atoms with E-state index in [0.29, 0.717) is 17.3 Å². The third kappa shape index (κ3) is 3.72. The summed E-state index contributed by atoms with van der Waals surface area (Å²) >= 11 is 6.40. The highest BCUT2D eigenvalue weighted by Crippen LogP contribution is 2.32. The maximum Gasteiger partial charge on any atom is 0.138 e. The number of ether oxygens (including phenoxy) is 1. The van der Waals surface area contributed by atoms with Crippen LogP contribution in [-0.4, -0.2) is 42.4 Å². The van der Waals surface area contributed by atoms with Gasteiger partial charge in [-0.15, -0.1) is 0 Å². The smallest absolute Gasteiger partial charge is 0.138 e. The average Bonchev–Trinajstić information content (AvgIpc) is 2.55. The van der Waals surface area contributed by atoms with Crippen molar-refractivity contribution >= 4 is 22.4 Å². The number of rotatable bonds is 5. The first kappa shape index (κ1) is 15.6. The molecule has 0 aliphatic carbocycles. The number of benzene rings is 2. The Morgan fingerprint density at radius 1 is 1.09 bits per heavy atom. The molecule has 0 amide bonds. The fraction of sp³-hybridized carbons (Fsp3) is 0.444. The van der Waals surface area contributed by atoms with Crippen LogP contribution in [0.3, 0.4) is 0 Å². The van der Waals surface area contributed by atoms with Crippen molar-refractivity contribution < 1.29 is 9.84 Å². The number of hydrogen-bond donors (Lipinski definition) is 1. The third-order valence-corrected chi connectivity index (χ3v) is 4.57. The Hall–Kier alpha value is -1.29. The largest absolute Gasteiger partial charge is 0.489 e. The SMILES string of the molecule is OC(COc1ccc2ccccc2c1Cl)CN1CCCCC1. The summed E-state index contributed by atoms with van der Waals surface area (Å²) in [6, 6.07) is 11.8. The van der Waals surface area contributed by atoms with E-state index in [2.05, 4.69) is 4.90 Å². The van der Waals surface area contributed by atoms with Crippen LogP contribution in [0.25, 0.3) is 10.8 Å². The topological polar surface area (TPSA) is 32.7 Å². The van der Waals surface area contributed by atoms with Gasteiger partial charge in [-0.05, 0) is 37.4 Å². The molecule has 1 aliphatic heterocycles. The molecular weight excluding hydrogens is 298 g/mol. The van der Waals surface area contributed by atoms with E-state index in [9.17, 15) is 5.11 Å². The molecule has 4 heteroatoms. The van der Waals surface area contributed by atoms with Gasteiger partial charge in [0.25, 0.3) is 0 Å². The second-order valence-electron chi connectivity index (χ2n) is 5.92. The van der Waals surface area contributed by atoms with Crippen molar-refractivity contribution in [2.75, 3.05) is 26.2 Å². The molecule has 1 aliphatic rings. The van der Waals surface area contributed by atoms with E-state index in [1.807, 2.05) is 36.4 Å². The predicted molar refractivity (Wildman–Crippen MR) is 90.8 cm³/mol. The molecule has 3 rings (SSSR count). The summed E-state index contributed by atoms with van der Waals surface area (Å²) in [6.45, 7) is 3.10. The van der Waals surface area contributed by atoms with Crippen molar-refractivity contribution in [2.45, 2.75) is 25.4 Å². The zero-order chi connectivity index (χ0) is 15.4. The van der Waals surface area contributed by atoms with Crippen LogP contribution in [0.2, 0.25) is 5.02 Å². The van der Waals surface area contributed by atoms with E-state index in [-0.39, 0.29) is 6.61 Å². The molecule has 0 radical (unpaired) electrons. The van der Waals surface area contributed by atoms with E-state index >= 15 is 0 Å². The molecule has 0 aromatic heterocycles. The predicted octanol–water partition coefficient (Wildman–Crippen LogP) is 3.72. The number of aliphatic hydroxyl groups excluding tert-OH is 1. The molecule has 2 aromatic rings. The van der Waals surface area contributed by atoms with Crippen LogP contribution in [0, 0.1) is 0 Å². The first-order chi connectivity index (χ1) is 10.7. The van der Waals surface area contributed by atoms with Crippen LogP contribution < -0.4 is 4.74 Å². The Balaban J connectivity index is 1.60. The molecule has 3 nitrogen and oxygen atoms in total. The highest BCUT2D eigenvalue weighted by molar-refractivity contribution is 6.37. The lowest BCUT2D eigenvalue weighted by atomic mass is 10.1. The average molecular weight is 320 g/mol. The minimum absolute atomic E-state index is 0.272. The zero-order valence-electron chi connectivity index (χ0n) is 12.7. The van der Waals surface area contributed by atoms with Gasteiger partial charge < -0.3 is 14.7 Å². The van der Waals surface area contributed by atoms with Gasteiger partial charge in [-0.1, -0.05) is 48.4 Å². The van der Waals surface area contributed by atoms with E-state index in [1.54, 1.807) is 0 Å². The Morgan fingerprint density at radius 3 is 2.68 bits per heavy atom. The standard InChI is InChI=1S/C18H22ClNO2/c19-18-16-7-3-2-6-14(16)8-9-17(18)22-13-15(21)12-20-10-4-1-5-11-20/h2-3,6-9,15,21H,1,4-5,10-13H2. The summed E-state index contributed by atoms with van der Waals surface area (Å²) < 4.78 is 5.74. The van der Waals surface area contributed by atoms with Crippen LogP contribution in [-0.2, 0) is 0 Å². The number of hydrogen-bond acceptors (Lipinski definition) is 3. The van der Waals surface area contributed by atoms with Gasteiger partial charge in [0, 0.05) is 11.9 Å². The molecule has 2 aromatic carbocycles. The van der Waals surface area contributed by atoms with Crippen LogP contribution in [0.5, 0.6) is 5.75 Å². The maximum atomic E-state index is 10.2. The van der Waals surface area contributed by atoms with Gasteiger partial charge in [-0.2, -0.15) is 0 Å². The van der Waals surface area contributed by atoms with Crippen molar-refractivity contribution in [3.8, 4) is 5.75 Å². The number of β-amino-alcohol motifs (C(OH)–C–C–N with tert-alkyl or cyclic N) is 1. The summed E-state index contributed by atoms with van der Waals surface area (Å²) in [7, 11) is 0. The van der Waals surface area contributed by atoms with Gasteiger partial charge in [-0.25, -0.2) is 0 Å². The fourth-order valence-electron chi connectivity index (χ4n) is 3.00. The number of piperidine rings is 1. The molecule has 0 bridgehead atoms. The maximum absolute atomic E-state index is 10.2. The normalized spacial score (nSPS) is 17.5. The Morgan fingerprint density at radius 2 is 1.86 bits per heavy atom. The lowest BCUT2D eigenvalue weighted by Crippen LogP contribution is -2.38. The Kier molecular flexibility index (Phi) is 5.19. The highest BCUT2D eigenvalue weighted by atomic mass is 35.5. The summed E-state index contributed by atoms with van der Waals surface area (Å²) in [5.41, 5.74) is 0. The van der Waals surface area contributed by atoms with Gasteiger partial charge in [0.1, 0.15) is 18.5 Å². The molecule has 118 valence electrons. The number of likely N-dealkylation sites (tertiary alicyclic amines) is 1. The second kappa shape index (κ2) is 7.32. The third-order valence-electron chi connectivity index (χ3n) is 4.18. The molecule has 1 unspecified atom stereocenters. The molecule has 1 heterocycles. The van der Waals surface area contributed by atoms with E-state index < -0.39 is 6.10 Å². The monoisotopic (exact) mass is 319 g/mol. The van der Waals surface area contributed by atoms with Crippen molar-refractivity contribution in [2.24, 2.45) is 0 Å². The minimum atomic E-state index is -0.486. The van der Waals surface area contributed by atoms with Gasteiger partial charge in [0.2, 0.25) is 0 Å². The van der Waals surface area contributed by atoms with E-state index in [1.165, 1.54) is 19.3 Å². The first-order valence-electron chi connectivity index (χ1n) is 7.94. The van der Waals surface area contributed by atoms with Gasteiger partial charge in [-0.3, -0.25) is 0 Å². The minimum Gasteiger partial charge on any atom is -0.489 e. The highest BCUT2D eigenvalue weighted by Gasteiger charge is 2.15. The van der Waals surface area contributed by atoms with Crippen LogP contribution in [0.1, 0.15) is 19.3 Å². The molecule has 1 N–H and O–H groups in total. The number of fused-ring (bicyclic) bond motifs is 1. The molecule has 1 atom stereocenters.